The summed E-state index contributed by atoms with van der Waals surface area (Å²) in [5.41, 5.74) is 0. The maximum Gasteiger partial charge on any atom is 0.328 e. The summed E-state index contributed by atoms with van der Waals surface area (Å²) >= 11 is 5.97. The molecule has 0 fully saturated rings. The third kappa shape index (κ3) is 9.14. The number of carboxylic acids is 1. The minimum absolute atomic E-state index is 0.0742. The van der Waals surface area contributed by atoms with Gasteiger partial charge in [0.15, 0.2) is 6.04 Å². The van der Waals surface area contributed by atoms with Crippen molar-refractivity contribution in [2.75, 3.05) is 23.4 Å². The molecule has 12 heteroatoms. The van der Waals surface area contributed by atoms with Crippen LogP contribution in [0.15, 0.2) is 0 Å². The van der Waals surface area contributed by atoms with Gasteiger partial charge in [0.1, 0.15) is 0 Å². The van der Waals surface area contributed by atoms with Crippen molar-refractivity contribution < 1.29 is 33.8 Å². The van der Waals surface area contributed by atoms with Gasteiger partial charge in [0.25, 0.3) is 11.8 Å². The lowest BCUT2D eigenvalue weighted by Gasteiger charge is -2.38. The molecule has 0 rings (SSSR count). The Kier molecular flexibility index (Phi) is 11.8. The molecule has 0 aliphatic rings. The van der Waals surface area contributed by atoms with E-state index in [1.54, 1.807) is 0 Å². The molecule has 1 atom stereocenters. The third-order valence-electron chi connectivity index (χ3n) is 3.26. The fourth-order valence-electron chi connectivity index (χ4n) is 2.13. The summed E-state index contributed by atoms with van der Waals surface area (Å²) in [6.45, 7) is 1.70. The number of carbonyl (C=O) groups excluding carboxylic acids is 2. The van der Waals surface area contributed by atoms with Gasteiger partial charge >= 0.3 is 13.6 Å². The number of nitrogens with zero attached hydrogens (tertiary/aromatic N) is 2. The number of alkyl halides is 2. The minimum Gasteiger partial charge on any atom is -0.480 e. The molecule has 2 amide bonds. The molecule has 0 saturated carbocycles. The lowest BCUT2D eigenvalue weighted by atomic mass is 10.1. The Balaban J connectivity index is 5.59. The van der Waals surface area contributed by atoms with E-state index < -0.39 is 37.6 Å². The van der Waals surface area contributed by atoms with Crippen LogP contribution in [0.1, 0.15) is 32.6 Å². The molecule has 0 aliphatic heterocycles. The first-order chi connectivity index (χ1) is 11.6. The van der Waals surface area contributed by atoms with E-state index in [0.29, 0.717) is 12.8 Å². The van der Waals surface area contributed by atoms with E-state index in [0.717, 1.165) is 10.0 Å². The Morgan fingerprint density at radius 2 is 1.64 bits per heavy atom. The quantitative estimate of drug-likeness (QED) is 0.218. The molecule has 0 aromatic heterocycles. The number of amides is 2. The van der Waals surface area contributed by atoms with Crippen LogP contribution in [0.25, 0.3) is 0 Å². The van der Waals surface area contributed by atoms with Gasteiger partial charge in [-0.2, -0.15) is 0 Å². The second-order valence-corrected chi connectivity index (χ2v) is 8.16. The Bertz CT molecular complexity index is 515. The van der Waals surface area contributed by atoms with Gasteiger partial charge in [-0.1, -0.05) is 51.6 Å². The number of unbranched alkanes of at least 4 members (excludes halogenated alkanes) is 1. The van der Waals surface area contributed by atoms with E-state index in [1.807, 2.05) is 6.92 Å². The highest BCUT2D eigenvalue weighted by atomic mass is 79.9. The van der Waals surface area contributed by atoms with E-state index in [2.05, 4.69) is 31.9 Å². The van der Waals surface area contributed by atoms with Crippen molar-refractivity contribution in [1.29, 1.82) is 0 Å². The smallest absolute Gasteiger partial charge is 0.328 e. The van der Waals surface area contributed by atoms with Crippen LogP contribution in [-0.4, -0.2) is 72.1 Å². The first kappa shape index (κ1) is 24.5. The second-order valence-electron chi connectivity index (χ2n) is 5.26. The van der Waals surface area contributed by atoms with Gasteiger partial charge in [-0.25, -0.2) is 14.8 Å². The Morgan fingerprint density at radius 1 is 1.08 bits per heavy atom. The largest absolute Gasteiger partial charge is 0.480 e. The van der Waals surface area contributed by atoms with Crippen molar-refractivity contribution in [3.63, 3.8) is 0 Å². The van der Waals surface area contributed by atoms with E-state index in [-0.39, 0.29) is 30.0 Å². The number of hydrogen-bond donors (Lipinski definition) is 3. The van der Waals surface area contributed by atoms with Crippen molar-refractivity contribution in [3.8, 4) is 0 Å². The number of carboxylic acid groups (broad SMARTS) is 1. The lowest BCUT2D eigenvalue weighted by molar-refractivity contribution is -0.174. The molecule has 0 bridgehead atoms. The van der Waals surface area contributed by atoms with Crippen LogP contribution < -0.4 is 0 Å². The monoisotopic (exact) mass is 508 g/mol. The van der Waals surface area contributed by atoms with E-state index in [4.69, 9.17) is 9.79 Å². The third-order valence-corrected chi connectivity index (χ3v) is 5.12. The zero-order valence-electron chi connectivity index (χ0n) is 13.8. The van der Waals surface area contributed by atoms with Crippen LogP contribution in [0.3, 0.4) is 0 Å². The van der Waals surface area contributed by atoms with Gasteiger partial charge in [0.2, 0.25) is 0 Å². The molecule has 0 saturated heterocycles. The summed E-state index contributed by atoms with van der Waals surface area (Å²) in [5.74, 6) is -2.43. The Hall–Kier alpha value is -0.480. The first-order valence-electron chi connectivity index (χ1n) is 7.60. The van der Waals surface area contributed by atoms with Crippen molar-refractivity contribution in [1.82, 2.24) is 10.0 Å². The minimum atomic E-state index is -4.26. The molecular weight excluding hydrogens is 487 g/mol. The topological polar surface area (TPSA) is 135 Å². The van der Waals surface area contributed by atoms with Crippen LogP contribution in [0, 0.1) is 0 Å². The molecule has 9 nitrogen and oxygen atoms in total. The number of carbonyl (C=O) groups is 3. The molecule has 146 valence electrons. The summed E-state index contributed by atoms with van der Waals surface area (Å²) in [6, 6.07) is -1.23. The van der Waals surface area contributed by atoms with E-state index in [1.165, 1.54) is 0 Å². The van der Waals surface area contributed by atoms with Crippen molar-refractivity contribution >= 4 is 57.2 Å². The van der Waals surface area contributed by atoms with E-state index >= 15 is 0 Å². The SMILES string of the molecule is CCCCC(C(=O)O)N(C(=O)CBr)N(CCCP(=O)(O)O)C(=O)CBr. The number of aliphatic carboxylic acids is 1. The lowest BCUT2D eigenvalue weighted by Crippen LogP contribution is -2.58. The average Bonchev–Trinajstić information content (AvgIpc) is 2.53. The molecule has 0 spiro atoms. The summed E-state index contributed by atoms with van der Waals surface area (Å²) in [7, 11) is -4.26. The fourth-order valence-corrected chi connectivity index (χ4v) is 3.23. The number of hydrazine groups is 1. The van der Waals surface area contributed by atoms with Crippen LogP contribution in [-0.2, 0) is 18.9 Å². The number of rotatable bonds is 11. The number of halogens is 2. The highest BCUT2D eigenvalue weighted by Crippen LogP contribution is 2.35. The zero-order chi connectivity index (χ0) is 19.6. The molecule has 1 unspecified atom stereocenters. The van der Waals surface area contributed by atoms with Crippen LogP contribution in [0.5, 0.6) is 0 Å². The maximum atomic E-state index is 12.3. The Morgan fingerprint density at radius 3 is 2.04 bits per heavy atom. The van der Waals surface area contributed by atoms with Crippen LogP contribution in [0.4, 0.5) is 0 Å². The molecule has 0 heterocycles. The predicted molar refractivity (Wildman–Crippen MR) is 98.6 cm³/mol. The van der Waals surface area contributed by atoms with Crippen LogP contribution >= 0.6 is 39.5 Å². The van der Waals surface area contributed by atoms with Gasteiger partial charge in [0, 0.05) is 6.54 Å². The predicted octanol–water partition coefficient (Wildman–Crippen LogP) is 1.56. The van der Waals surface area contributed by atoms with Gasteiger partial charge in [-0.3, -0.25) is 14.2 Å². The standard InChI is InChI=1S/C13H23Br2N2O7P/c1-2-3-5-10(13(20)21)17(12(19)9-15)16(11(18)8-14)6-4-7-25(22,23)24/h10H,2-9H2,1H3,(H,20,21)(H2,22,23,24). The maximum absolute atomic E-state index is 12.3. The number of hydrogen-bond acceptors (Lipinski definition) is 4. The molecule has 0 aliphatic carbocycles. The van der Waals surface area contributed by atoms with Gasteiger partial charge in [0.05, 0.1) is 16.8 Å². The molecular formula is C13H23Br2N2O7P. The normalized spacial score (nSPS) is 12.5. The van der Waals surface area contributed by atoms with Crippen LogP contribution in [0.2, 0.25) is 0 Å². The summed E-state index contributed by atoms with van der Waals surface area (Å²) in [4.78, 5) is 54.0. The van der Waals surface area contributed by atoms with Crippen molar-refractivity contribution in [2.24, 2.45) is 0 Å². The molecule has 0 aromatic rings. The summed E-state index contributed by atoms with van der Waals surface area (Å²) < 4.78 is 11.0. The average molecular weight is 510 g/mol. The van der Waals surface area contributed by atoms with Gasteiger partial charge in [-0.15, -0.1) is 0 Å². The first-order valence-corrected chi connectivity index (χ1v) is 11.6. The Labute approximate surface area is 163 Å². The highest BCUT2D eigenvalue weighted by molar-refractivity contribution is 9.09. The summed E-state index contributed by atoms with van der Waals surface area (Å²) in [5, 5.41) is 11.0. The second kappa shape index (κ2) is 12.0. The highest BCUT2D eigenvalue weighted by Gasteiger charge is 2.35. The fraction of sp³-hybridized carbons (Fsp3) is 0.769. The molecule has 0 radical (unpaired) electrons. The zero-order valence-corrected chi connectivity index (χ0v) is 17.9. The van der Waals surface area contributed by atoms with Gasteiger partial charge in [-0.05, 0) is 12.8 Å². The van der Waals surface area contributed by atoms with Crippen molar-refractivity contribution in [3.05, 3.63) is 0 Å². The summed E-state index contributed by atoms with van der Waals surface area (Å²) in [6.07, 6.45) is 0.874. The van der Waals surface area contributed by atoms with E-state index in [9.17, 15) is 24.1 Å². The van der Waals surface area contributed by atoms with Gasteiger partial charge < -0.3 is 14.9 Å². The molecule has 0 aromatic carbocycles. The molecule has 3 N–H and O–H groups in total. The van der Waals surface area contributed by atoms with Crippen molar-refractivity contribution in [2.45, 2.75) is 38.6 Å². The molecule has 25 heavy (non-hydrogen) atoms.